The van der Waals surface area contributed by atoms with Crippen LogP contribution >= 0.6 is 11.3 Å². The first-order valence-corrected chi connectivity index (χ1v) is 10.1. The van der Waals surface area contributed by atoms with E-state index in [9.17, 15) is 4.79 Å². The summed E-state index contributed by atoms with van der Waals surface area (Å²) in [5, 5.41) is 5.11. The minimum Gasteiger partial charge on any atom is -0.341 e. The predicted molar refractivity (Wildman–Crippen MR) is 112 cm³/mol. The highest BCUT2D eigenvalue weighted by Crippen LogP contribution is 2.21. The van der Waals surface area contributed by atoms with Crippen molar-refractivity contribution >= 4 is 28.5 Å². The van der Waals surface area contributed by atoms with Crippen molar-refractivity contribution in [1.82, 2.24) is 15.0 Å². The molecule has 144 valence electrons. The molecule has 2 aromatic heterocycles. The largest absolute Gasteiger partial charge is 0.349 e. The minimum atomic E-state index is -0.414. The second-order valence-corrected chi connectivity index (χ2v) is 6.48. The van der Waals surface area contributed by atoms with Gasteiger partial charge in [0.05, 0.1) is 6.21 Å². The first-order chi connectivity index (χ1) is 12.7. The van der Waals surface area contributed by atoms with Gasteiger partial charge in [0.25, 0.3) is 0 Å². The van der Waals surface area contributed by atoms with Gasteiger partial charge in [0.1, 0.15) is 5.00 Å². The van der Waals surface area contributed by atoms with E-state index in [0.717, 1.165) is 37.4 Å². The Kier molecular flexibility index (Phi) is 10.2. The van der Waals surface area contributed by atoms with Crippen molar-refractivity contribution in [3.63, 3.8) is 0 Å². The van der Waals surface area contributed by atoms with Crippen LogP contribution in [0.1, 0.15) is 58.2 Å². The van der Waals surface area contributed by atoms with Crippen LogP contribution in [-0.2, 0) is 6.42 Å². The van der Waals surface area contributed by atoms with E-state index in [2.05, 4.69) is 52.3 Å². The average molecular weight is 379 g/mol. The first kappa shape index (κ1) is 21.8. The molecule has 0 fully saturated rings. The van der Waals surface area contributed by atoms with Crippen LogP contribution in [-0.4, -0.2) is 34.3 Å². The SMILES string of the molecule is CC.CCCN(CCC)c1nc(/C=N/Nc2ccc(CC)s2)[nH]c(=O)n1. The molecule has 0 saturated heterocycles. The lowest BCUT2D eigenvalue weighted by atomic mass is 10.4. The molecular weight excluding hydrogens is 348 g/mol. The zero-order valence-corrected chi connectivity index (χ0v) is 17.2. The summed E-state index contributed by atoms with van der Waals surface area (Å²) in [6.07, 6.45) is 4.45. The molecular formula is C18H30N6OS. The van der Waals surface area contributed by atoms with Crippen molar-refractivity contribution in [2.45, 2.75) is 53.9 Å². The van der Waals surface area contributed by atoms with Gasteiger partial charge in [-0.3, -0.25) is 10.4 Å². The van der Waals surface area contributed by atoms with Gasteiger partial charge in [-0.05, 0) is 31.4 Å². The smallest absolute Gasteiger partial charge is 0.341 e. The molecule has 0 aliphatic rings. The van der Waals surface area contributed by atoms with Crippen LogP contribution in [0.2, 0.25) is 0 Å². The van der Waals surface area contributed by atoms with Gasteiger partial charge in [-0.2, -0.15) is 15.1 Å². The third-order valence-electron chi connectivity index (χ3n) is 3.30. The van der Waals surface area contributed by atoms with E-state index in [0.29, 0.717) is 11.8 Å². The maximum absolute atomic E-state index is 11.8. The number of anilines is 2. The third kappa shape index (κ3) is 6.95. The van der Waals surface area contributed by atoms with Crippen LogP contribution in [0, 0.1) is 0 Å². The highest BCUT2D eigenvalue weighted by atomic mass is 32.1. The summed E-state index contributed by atoms with van der Waals surface area (Å²) >= 11 is 1.65. The number of hydrogen-bond donors (Lipinski definition) is 2. The molecule has 0 amide bonds. The molecule has 0 radical (unpaired) electrons. The summed E-state index contributed by atoms with van der Waals surface area (Å²) in [6, 6.07) is 4.06. The van der Waals surface area contributed by atoms with Crippen molar-refractivity contribution in [3.05, 3.63) is 33.3 Å². The number of aryl methyl sites for hydroxylation is 1. The second-order valence-electron chi connectivity index (χ2n) is 5.32. The first-order valence-electron chi connectivity index (χ1n) is 9.27. The van der Waals surface area contributed by atoms with Crippen LogP contribution in [0.25, 0.3) is 0 Å². The summed E-state index contributed by atoms with van der Waals surface area (Å²) in [7, 11) is 0. The molecule has 0 spiro atoms. The maximum Gasteiger partial charge on any atom is 0.349 e. The normalized spacial score (nSPS) is 10.5. The number of aromatic nitrogens is 3. The summed E-state index contributed by atoms with van der Waals surface area (Å²) in [4.78, 5) is 26.1. The zero-order chi connectivity index (χ0) is 19.4. The lowest BCUT2D eigenvalue weighted by molar-refractivity contribution is 0.712. The number of H-pyrrole nitrogens is 1. The Balaban J connectivity index is 0.00000163. The van der Waals surface area contributed by atoms with Crippen LogP contribution < -0.4 is 16.0 Å². The fraction of sp³-hybridized carbons (Fsp3) is 0.556. The Labute approximate surface area is 159 Å². The Morgan fingerprint density at radius 2 is 1.88 bits per heavy atom. The van der Waals surface area contributed by atoms with Crippen LogP contribution in [0.5, 0.6) is 0 Å². The summed E-state index contributed by atoms with van der Waals surface area (Å²) in [5.41, 5.74) is 2.54. The van der Waals surface area contributed by atoms with E-state index in [1.165, 1.54) is 11.1 Å². The standard InChI is InChI=1S/C16H24N6OS.C2H6/c1-4-9-22(10-5-2)15-18-13(19-16(23)20-15)11-17-21-14-8-7-12(6-3)24-14;1-2/h7-8,11,21H,4-6,9-10H2,1-3H3,(H,18,19,20,23);1-2H3/b17-11+;. The van der Waals surface area contributed by atoms with Crippen LogP contribution in [0.4, 0.5) is 10.9 Å². The van der Waals surface area contributed by atoms with E-state index in [4.69, 9.17) is 0 Å². The number of nitrogens with zero attached hydrogens (tertiary/aromatic N) is 4. The summed E-state index contributed by atoms with van der Waals surface area (Å²) < 4.78 is 0. The second kappa shape index (κ2) is 12.2. The van der Waals surface area contributed by atoms with Crippen molar-refractivity contribution in [3.8, 4) is 0 Å². The number of thiophene rings is 1. The Hall–Kier alpha value is -2.22. The van der Waals surface area contributed by atoms with Crippen molar-refractivity contribution in [2.24, 2.45) is 5.10 Å². The minimum absolute atomic E-state index is 0.391. The van der Waals surface area contributed by atoms with Crippen molar-refractivity contribution in [1.29, 1.82) is 0 Å². The van der Waals surface area contributed by atoms with E-state index in [1.807, 2.05) is 24.8 Å². The molecule has 2 aromatic rings. The maximum atomic E-state index is 11.8. The van der Waals surface area contributed by atoms with Gasteiger partial charge in [-0.15, -0.1) is 11.3 Å². The van der Waals surface area contributed by atoms with Crippen LogP contribution in [0.3, 0.4) is 0 Å². The summed E-state index contributed by atoms with van der Waals surface area (Å²) in [6.45, 7) is 11.9. The molecule has 0 aliphatic carbocycles. The molecule has 0 unspecified atom stereocenters. The number of rotatable bonds is 9. The fourth-order valence-electron chi connectivity index (χ4n) is 2.23. The molecule has 8 heteroatoms. The van der Waals surface area contributed by atoms with Gasteiger partial charge in [0.15, 0.2) is 5.82 Å². The van der Waals surface area contributed by atoms with Crippen LogP contribution in [0.15, 0.2) is 22.0 Å². The van der Waals surface area contributed by atoms with Crippen molar-refractivity contribution in [2.75, 3.05) is 23.4 Å². The highest BCUT2D eigenvalue weighted by molar-refractivity contribution is 7.16. The Morgan fingerprint density at radius 3 is 2.46 bits per heavy atom. The molecule has 2 rings (SSSR count). The quantitative estimate of drug-likeness (QED) is 0.511. The molecule has 0 atom stereocenters. The van der Waals surface area contributed by atoms with Gasteiger partial charge in [0.2, 0.25) is 5.95 Å². The molecule has 26 heavy (non-hydrogen) atoms. The molecule has 0 aromatic carbocycles. The molecule has 0 aliphatic heterocycles. The zero-order valence-electron chi connectivity index (χ0n) is 16.4. The highest BCUT2D eigenvalue weighted by Gasteiger charge is 2.09. The molecule has 0 bridgehead atoms. The van der Waals surface area contributed by atoms with Gasteiger partial charge >= 0.3 is 5.69 Å². The topological polar surface area (TPSA) is 86.3 Å². The summed E-state index contributed by atoms with van der Waals surface area (Å²) in [5.74, 6) is 0.843. The lowest BCUT2D eigenvalue weighted by Crippen LogP contribution is -2.30. The van der Waals surface area contributed by atoms with Gasteiger partial charge in [0, 0.05) is 18.0 Å². The number of nitrogens with one attached hydrogen (secondary N) is 2. The van der Waals surface area contributed by atoms with E-state index >= 15 is 0 Å². The molecule has 2 N–H and O–H groups in total. The monoisotopic (exact) mass is 378 g/mol. The van der Waals surface area contributed by atoms with Gasteiger partial charge in [-0.1, -0.05) is 34.6 Å². The number of hydrogen-bond acceptors (Lipinski definition) is 7. The molecule has 2 heterocycles. The van der Waals surface area contributed by atoms with E-state index in [-0.39, 0.29) is 0 Å². The number of aromatic amines is 1. The van der Waals surface area contributed by atoms with Gasteiger partial charge in [-0.25, -0.2) is 4.79 Å². The number of hydrazone groups is 1. The molecule has 0 saturated carbocycles. The van der Waals surface area contributed by atoms with E-state index in [1.54, 1.807) is 11.3 Å². The predicted octanol–water partition coefficient (Wildman–Crippen LogP) is 3.89. The average Bonchev–Trinajstić information content (AvgIpc) is 3.11. The van der Waals surface area contributed by atoms with Crippen molar-refractivity contribution < 1.29 is 0 Å². The Morgan fingerprint density at radius 1 is 1.19 bits per heavy atom. The lowest BCUT2D eigenvalue weighted by Gasteiger charge is -2.20. The molecule has 7 nitrogen and oxygen atoms in total. The fourth-order valence-corrected chi connectivity index (χ4v) is 3.03. The Bertz CT molecular complexity index is 718. The van der Waals surface area contributed by atoms with E-state index < -0.39 is 5.69 Å². The van der Waals surface area contributed by atoms with Gasteiger partial charge < -0.3 is 4.90 Å². The third-order valence-corrected chi connectivity index (χ3v) is 4.43.